The molecule has 188 valence electrons. The summed E-state index contributed by atoms with van der Waals surface area (Å²) in [5, 5.41) is 0.374. The van der Waals surface area contributed by atoms with Crippen LogP contribution in [0.25, 0.3) is 11.0 Å². The third-order valence-electron chi connectivity index (χ3n) is 6.84. The molecule has 1 aromatic heterocycles. The van der Waals surface area contributed by atoms with Gasteiger partial charge in [0, 0.05) is 6.42 Å². The van der Waals surface area contributed by atoms with Gasteiger partial charge in [0.05, 0.1) is 10.9 Å². The van der Waals surface area contributed by atoms with Crippen molar-refractivity contribution in [2.45, 2.75) is 96.3 Å². The number of aryl methyl sites for hydroxylation is 1. The van der Waals surface area contributed by atoms with Gasteiger partial charge >= 0.3 is 0 Å². The van der Waals surface area contributed by atoms with E-state index >= 15 is 0 Å². The molecule has 4 nitrogen and oxygen atoms in total. The highest BCUT2D eigenvalue weighted by Gasteiger charge is 2.14. The summed E-state index contributed by atoms with van der Waals surface area (Å²) in [6.45, 7) is 0. The third-order valence-corrected chi connectivity index (χ3v) is 6.84. The Hall–Kier alpha value is -2.88. The molecule has 0 amide bonds. The van der Waals surface area contributed by atoms with E-state index < -0.39 is 0 Å². The Morgan fingerprint density at radius 3 is 1.89 bits per heavy atom. The van der Waals surface area contributed by atoms with Gasteiger partial charge in [-0.15, -0.1) is 0 Å². The van der Waals surface area contributed by atoms with Crippen molar-refractivity contribution in [3.8, 4) is 0 Å². The Bertz CT molecular complexity index is 1090. The number of rotatable bonds is 17. The van der Waals surface area contributed by atoms with Gasteiger partial charge in [0.15, 0.2) is 5.78 Å². The van der Waals surface area contributed by atoms with Crippen LogP contribution in [-0.4, -0.2) is 5.78 Å². The van der Waals surface area contributed by atoms with Crippen LogP contribution in [0.1, 0.15) is 106 Å². The summed E-state index contributed by atoms with van der Waals surface area (Å²) in [4.78, 5) is 24.8. The summed E-state index contributed by atoms with van der Waals surface area (Å²) in [6, 6.07) is 15.9. The fraction of sp³-hybridized carbons (Fsp3) is 0.484. The fourth-order valence-corrected chi connectivity index (χ4v) is 4.73. The van der Waals surface area contributed by atoms with Gasteiger partial charge in [-0.05, 0) is 37.0 Å². The van der Waals surface area contributed by atoms with Crippen LogP contribution < -0.4 is 11.2 Å². The van der Waals surface area contributed by atoms with Gasteiger partial charge in [0.1, 0.15) is 17.5 Å². The Morgan fingerprint density at radius 1 is 0.686 bits per heavy atom. The van der Waals surface area contributed by atoms with Crippen LogP contribution in [0.4, 0.5) is 5.69 Å². The fourth-order valence-electron chi connectivity index (χ4n) is 4.73. The lowest BCUT2D eigenvalue weighted by Crippen LogP contribution is -2.09. The minimum Gasteiger partial charge on any atom is -0.461 e. The predicted octanol–water partition coefficient (Wildman–Crippen LogP) is 8.26. The molecule has 0 aliphatic carbocycles. The van der Waals surface area contributed by atoms with Crippen LogP contribution in [-0.2, 0) is 6.42 Å². The maximum Gasteiger partial charge on any atom is 0.215 e. The van der Waals surface area contributed by atoms with Crippen molar-refractivity contribution in [2.24, 2.45) is 0 Å². The highest BCUT2D eigenvalue weighted by molar-refractivity contribution is 6.06. The first-order valence-corrected chi connectivity index (χ1v) is 13.5. The van der Waals surface area contributed by atoms with Crippen molar-refractivity contribution in [1.29, 1.82) is 0 Å². The SMILES string of the molecule is Nc1coc2c(C(=O)CCCCCCCCCCCCCCCc3ccccc3)cccc2c1=O. The molecule has 0 saturated carbocycles. The third kappa shape index (κ3) is 9.01. The van der Waals surface area contributed by atoms with Gasteiger partial charge in [0.2, 0.25) is 5.43 Å². The summed E-state index contributed by atoms with van der Waals surface area (Å²) in [5.41, 5.74) is 7.72. The number of ketones is 1. The molecule has 2 N–H and O–H groups in total. The van der Waals surface area contributed by atoms with Gasteiger partial charge in [-0.25, -0.2) is 0 Å². The quantitative estimate of drug-likeness (QED) is 0.157. The van der Waals surface area contributed by atoms with Gasteiger partial charge in [-0.2, -0.15) is 0 Å². The van der Waals surface area contributed by atoms with E-state index in [0.29, 0.717) is 23.0 Å². The molecule has 0 bridgehead atoms. The minimum absolute atomic E-state index is 0.0311. The highest BCUT2D eigenvalue weighted by atomic mass is 16.3. The smallest absolute Gasteiger partial charge is 0.215 e. The topological polar surface area (TPSA) is 73.3 Å². The van der Waals surface area contributed by atoms with Crippen LogP contribution in [0.5, 0.6) is 0 Å². The van der Waals surface area contributed by atoms with Crippen LogP contribution in [0.3, 0.4) is 0 Å². The number of hydrogen-bond acceptors (Lipinski definition) is 4. The second kappa shape index (κ2) is 15.2. The van der Waals surface area contributed by atoms with Gasteiger partial charge in [0.25, 0.3) is 0 Å². The standard InChI is InChI=1S/C31H41NO3/c32-28-24-35-31-26(21-17-22-27(31)30(28)34)29(33)23-16-11-9-7-5-3-1-2-4-6-8-10-13-18-25-19-14-12-15-20-25/h12,14-15,17,19-22,24H,1-11,13,16,18,23,32H2. The number of nitrogens with two attached hydrogens (primary N) is 1. The van der Waals surface area contributed by atoms with Crippen molar-refractivity contribution in [3.63, 3.8) is 0 Å². The molecule has 2 aromatic carbocycles. The molecule has 0 spiro atoms. The molecule has 0 aliphatic rings. The maximum absolute atomic E-state index is 12.6. The van der Waals surface area contributed by atoms with Crippen LogP contribution in [0.15, 0.2) is 64.0 Å². The molecular formula is C31H41NO3. The first-order valence-electron chi connectivity index (χ1n) is 13.5. The van der Waals surface area contributed by atoms with Gasteiger partial charge < -0.3 is 10.2 Å². The Morgan fingerprint density at radius 2 is 1.26 bits per heavy atom. The number of nitrogen functional groups attached to an aromatic ring is 1. The normalized spacial score (nSPS) is 11.2. The second-order valence-corrected chi connectivity index (χ2v) is 9.71. The number of unbranched alkanes of at least 4 members (excludes halogenated alkanes) is 12. The Labute approximate surface area is 209 Å². The zero-order chi connectivity index (χ0) is 24.7. The molecule has 3 aromatic rings. The number of para-hydroxylation sites is 1. The lowest BCUT2D eigenvalue weighted by atomic mass is 10.0. The molecule has 0 aliphatic heterocycles. The summed E-state index contributed by atoms with van der Waals surface area (Å²) in [7, 11) is 0. The Balaban J connectivity index is 1.15. The molecular weight excluding hydrogens is 434 g/mol. The number of anilines is 1. The van der Waals surface area contributed by atoms with Crippen LogP contribution >= 0.6 is 0 Å². The van der Waals surface area contributed by atoms with E-state index in [-0.39, 0.29) is 16.9 Å². The van der Waals surface area contributed by atoms with Crippen molar-refractivity contribution in [2.75, 3.05) is 5.73 Å². The number of hydrogen-bond donors (Lipinski definition) is 1. The average molecular weight is 476 g/mol. The Kier molecular flexibility index (Phi) is 11.6. The van der Waals surface area contributed by atoms with Gasteiger partial charge in [-0.3, -0.25) is 9.59 Å². The van der Waals surface area contributed by atoms with E-state index in [2.05, 4.69) is 30.3 Å². The molecule has 3 rings (SSSR count). The molecule has 0 radical (unpaired) electrons. The van der Waals surface area contributed by atoms with Crippen molar-refractivity contribution in [1.82, 2.24) is 0 Å². The van der Waals surface area contributed by atoms with E-state index in [4.69, 9.17) is 10.2 Å². The van der Waals surface area contributed by atoms with E-state index in [1.54, 1.807) is 18.2 Å². The lowest BCUT2D eigenvalue weighted by Gasteiger charge is -2.06. The molecule has 0 atom stereocenters. The van der Waals surface area contributed by atoms with E-state index in [0.717, 1.165) is 12.8 Å². The summed E-state index contributed by atoms with van der Waals surface area (Å²) in [6.07, 6.45) is 19.4. The zero-order valence-electron chi connectivity index (χ0n) is 21.1. The number of benzene rings is 2. The maximum atomic E-state index is 12.6. The predicted molar refractivity (Wildman–Crippen MR) is 146 cm³/mol. The number of Topliss-reactive ketones (excluding diaryl/α,β-unsaturated/α-hetero) is 1. The molecule has 4 heteroatoms. The molecule has 0 unspecified atom stereocenters. The van der Waals surface area contributed by atoms with E-state index in [9.17, 15) is 9.59 Å². The van der Waals surface area contributed by atoms with Crippen molar-refractivity contribution in [3.05, 3.63) is 76.1 Å². The van der Waals surface area contributed by atoms with Crippen LogP contribution in [0, 0.1) is 0 Å². The van der Waals surface area contributed by atoms with Gasteiger partial charge in [-0.1, -0.05) is 107 Å². The first-order chi connectivity index (χ1) is 17.2. The largest absolute Gasteiger partial charge is 0.461 e. The summed E-state index contributed by atoms with van der Waals surface area (Å²) in [5.74, 6) is 0.0311. The average Bonchev–Trinajstić information content (AvgIpc) is 2.88. The summed E-state index contributed by atoms with van der Waals surface area (Å²) >= 11 is 0. The van der Waals surface area contributed by atoms with Crippen LogP contribution in [0.2, 0.25) is 0 Å². The molecule has 35 heavy (non-hydrogen) atoms. The summed E-state index contributed by atoms with van der Waals surface area (Å²) < 4.78 is 5.47. The second-order valence-electron chi connectivity index (χ2n) is 9.71. The van der Waals surface area contributed by atoms with Crippen molar-refractivity contribution < 1.29 is 9.21 Å². The van der Waals surface area contributed by atoms with E-state index in [1.807, 2.05) is 0 Å². The minimum atomic E-state index is -0.278. The first kappa shape index (κ1) is 26.7. The van der Waals surface area contributed by atoms with Crippen molar-refractivity contribution >= 4 is 22.4 Å². The number of carbonyl (C=O) groups excluding carboxylic acids is 1. The molecule has 0 saturated heterocycles. The van der Waals surface area contributed by atoms with E-state index in [1.165, 1.54) is 88.9 Å². The molecule has 1 heterocycles. The monoisotopic (exact) mass is 475 g/mol. The zero-order valence-corrected chi connectivity index (χ0v) is 21.1. The highest BCUT2D eigenvalue weighted by Crippen LogP contribution is 2.20. The number of fused-ring (bicyclic) bond motifs is 1. The lowest BCUT2D eigenvalue weighted by molar-refractivity contribution is 0.0979. The number of carbonyl (C=O) groups is 1. The molecule has 0 fully saturated rings.